The molecule has 7 nitrogen and oxygen atoms in total. The molecule has 4 rings (SSSR count). The van der Waals surface area contributed by atoms with E-state index in [0.29, 0.717) is 23.1 Å². The number of fused-ring (bicyclic) bond motifs is 1. The number of anilines is 2. The molecule has 0 aliphatic heterocycles. The third kappa shape index (κ3) is 4.46. The molecule has 0 spiro atoms. The zero-order chi connectivity index (χ0) is 21.1. The van der Waals surface area contributed by atoms with Crippen molar-refractivity contribution in [1.82, 2.24) is 15.0 Å². The molecule has 29 heavy (non-hydrogen) atoms. The van der Waals surface area contributed by atoms with Crippen molar-refractivity contribution in [3.63, 3.8) is 0 Å². The van der Waals surface area contributed by atoms with E-state index in [1.807, 2.05) is 39.8 Å². The third-order valence-corrected chi connectivity index (χ3v) is 5.34. The Morgan fingerprint density at radius 1 is 1.21 bits per heavy atom. The highest BCUT2D eigenvalue weighted by atomic mass is 35.5. The molecule has 4 N–H and O–H groups in total. The van der Waals surface area contributed by atoms with Crippen LogP contribution in [0, 0.1) is 19.8 Å². The number of nitrogens with zero attached hydrogens (tertiary/aromatic N) is 3. The van der Waals surface area contributed by atoms with Crippen LogP contribution in [0.25, 0.3) is 22.3 Å². The SMILES string of the molecule is CC.Cc1cc2cc(-c3c(Cl)nc(N)nc3NC3CCC(CO)C3)oc2c(C)n1. The highest BCUT2D eigenvalue weighted by Crippen LogP contribution is 2.39. The molecule has 2 atom stereocenters. The second kappa shape index (κ2) is 8.97. The summed E-state index contributed by atoms with van der Waals surface area (Å²) in [4.78, 5) is 12.9. The van der Waals surface area contributed by atoms with Crippen LogP contribution in [0.3, 0.4) is 0 Å². The van der Waals surface area contributed by atoms with Crippen molar-refractivity contribution in [3.8, 4) is 11.3 Å². The van der Waals surface area contributed by atoms with E-state index >= 15 is 0 Å². The number of aliphatic hydroxyl groups is 1. The Balaban J connectivity index is 0.00000117. The quantitative estimate of drug-likeness (QED) is 0.526. The van der Waals surface area contributed by atoms with Crippen molar-refractivity contribution in [1.29, 1.82) is 0 Å². The normalized spacial score (nSPS) is 18.6. The van der Waals surface area contributed by atoms with Gasteiger partial charge in [-0.2, -0.15) is 4.98 Å². The van der Waals surface area contributed by atoms with E-state index in [2.05, 4.69) is 20.3 Å². The number of pyridine rings is 1. The number of furan rings is 1. The lowest BCUT2D eigenvalue weighted by Gasteiger charge is -2.16. The summed E-state index contributed by atoms with van der Waals surface area (Å²) in [5, 5.41) is 14.0. The molecular weight excluding hydrogens is 390 g/mol. The molecule has 3 heterocycles. The molecule has 8 heteroatoms. The van der Waals surface area contributed by atoms with Gasteiger partial charge in [0.05, 0.1) is 11.3 Å². The van der Waals surface area contributed by atoms with E-state index in [0.717, 1.165) is 41.6 Å². The zero-order valence-corrected chi connectivity index (χ0v) is 18.0. The summed E-state index contributed by atoms with van der Waals surface area (Å²) in [7, 11) is 0. The lowest BCUT2D eigenvalue weighted by molar-refractivity contribution is 0.229. The second-order valence-corrected chi connectivity index (χ2v) is 7.54. The van der Waals surface area contributed by atoms with Crippen LogP contribution in [0.5, 0.6) is 0 Å². The molecule has 1 fully saturated rings. The summed E-state index contributed by atoms with van der Waals surface area (Å²) >= 11 is 6.42. The molecule has 3 aromatic heterocycles. The number of aryl methyl sites for hydroxylation is 2. The van der Waals surface area contributed by atoms with Gasteiger partial charge in [-0.3, -0.25) is 4.98 Å². The Morgan fingerprint density at radius 3 is 2.66 bits per heavy atom. The van der Waals surface area contributed by atoms with Crippen LogP contribution >= 0.6 is 11.6 Å². The van der Waals surface area contributed by atoms with Gasteiger partial charge >= 0.3 is 0 Å². The smallest absolute Gasteiger partial charge is 0.223 e. The second-order valence-electron chi connectivity index (χ2n) is 7.18. The average Bonchev–Trinajstić information content (AvgIpc) is 3.29. The van der Waals surface area contributed by atoms with E-state index in [9.17, 15) is 5.11 Å². The van der Waals surface area contributed by atoms with Crippen molar-refractivity contribution in [2.45, 2.75) is 53.0 Å². The molecule has 0 radical (unpaired) electrons. The minimum atomic E-state index is 0.104. The molecule has 0 saturated heterocycles. The molecule has 1 saturated carbocycles. The van der Waals surface area contributed by atoms with Gasteiger partial charge in [0.25, 0.3) is 0 Å². The largest absolute Gasteiger partial charge is 0.454 e. The molecule has 0 aromatic carbocycles. The summed E-state index contributed by atoms with van der Waals surface area (Å²) in [5.41, 5.74) is 8.88. The Labute approximate surface area is 175 Å². The summed E-state index contributed by atoms with van der Waals surface area (Å²) in [6.45, 7) is 8.06. The third-order valence-electron chi connectivity index (χ3n) is 5.07. The fraction of sp³-hybridized carbons (Fsp3) is 0.476. The van der Waals surface area contributed by atoms with Crippen LogP contribution in [-0.2, 0) is 0 Å². The maximum Gasteiger partial charge on any atom is 0.223 e. The summed E-state index contributed by atoms with van der Waals surface area (Å²) in [6.07, 6.45) is 2.81. The van der Waals surface area contributed by atoms with Crippen LogP contribution in [0.15, 0.2) is 16.5 Å². The average molecular weight is 418 g/mol. The highest BCUT2D eigenvalue weighted by Gasteiger charge is 2.27. The summed E-state index contributed by atoms with van der Waals surface area (Å²) < 4.78 is 6.06. The maximum absolute atomic E-state index is 9.38. The Morgan fingerprint density at radius 2 is 1.97 bits per heavy atom. The fourth-order valence-electron chi connectivity index (χ4n) is 3.83. The predicted octanol–water partition coefficient (Wildman–Crippen LogP) is 4.74. The topological polar surface area (TPSA) is 110 Å². The lowest BCUT2D eigenvalue weighted by atomic mass is 10.1. The van der Waals surface area contributed by atoms with Gasteiger partial charge in [-0.15, -0.1) is 0 Å². The van der Waals surface area contributed by atoms with Gasteiger partial charge in [0.15, 0.2) is 5.58 Å². The molecule has 0 amide bonds. The predicted molar refractivity (Wildman–Crippen MR) is 117 cm³/mol. The number of nitrogens with one attached hydrogen (secondary N) is 1. The first-order valence-electron chi connectivity index (χ1n) is 10.0. The lowest BCUT2D eigenvalue weighted by Crippen LogP contribution is -2.18. The van der Waals surface area contributed by atoms with Crippen LogP contribution in [0.4, 0.5) is 11.8 Å². The summed E-state index contributed by atoms with van der Waals surface area (Å²) in [6, 6.07) is 4.09. The monoisotopic (exact) mass is 417 g/mol. The minimum absolute atomic E-state index is 0.104. The van der Waals surface area contributed by atoms with E-state index in [4.69, 9.17) is 21.8 Å². The molecule has 1 aliphatic rings. The van der Waals surface area contributed by atoms with E-state index < -0.39 is 0 Å². The first-order chi connectivity index (χ1) is 13.9. The van der Waals surface area contributed by atoms with Gasteiger partial charge in [-0.05, 0) is 51.2 Å². The van der Waals surface area contributed by atoms with Crippen molar-refractivity contribution >= 4 is 34.3 Å². The fourth-order valence-corrected chi connectivity index (χ4v) is 4.10. The molecule has 2 unspecified atom stereocenters. The Hall–Kier alpha value is -2.38. The van der Waals surface area contributed by atoms with Crippen LogP contribution in [0.1, 0.15) is 44.5 Å². The number of halogens is 1. The molecule has 3 aromatic rings. The number of aromatic nitrogens is 3. The van der Waals surface area contributed by atoms with Gasteiger partial charge < -0.3 is 20.6 Å². The number of rotatable bonds is 4. The zero-order valence-electron chi connectivity index (χ0n) is 17.3. The first kappa shape index (κ1) is 21.3. The Bertz CT molecular complexity index is 1000. The molecular formula is C21H28ClN5O2. The standard InChI is InChI=1S/C19H22ClN5O2.C2H6/c1-9-5-12-7-14(27-16(12)10(2)22-9)15-17(20)24-19(21)25-18(15)23-13-4-3-11(6-13)8-26;1-2/h5,7,11,13,26H,3-4,6,8H2,1-2H3,(H3,21,23,24,25);1-2H3. The molecule has 0 bridgehead atoms. The van der Waals surface area contributed by atoms with E-state index in [-0.39, 0.29) is 23.8 Å². The highest BCUT2D eigenvalue weighted by molar-refractivity contribution is 6.32. The van der Waals surface area contributed by atoms with Gasteiger partial charge in [0.2, 0.25) is 5.95 Å². The van der Waals surface area contributed by atoms with Crippen LogP contribution in [-0.4, -0.2) is 32.7 Å². The van der Waals surface area contributed by atoms with Crippen molar-refractivity contribution < 1.29 is 9.52 Å². The number of hydrogen-bond acceptors (Lipinski definition) is 7. The van der Waals surface area contributed by atoms with Crippen molar-refractivity contribution in [2.75, 3.05) is 17.7 Å². The number of nitrogens with two attached hydrogens (primary N) is 1. The van der Waals surface area contributed by atoms with E-state index in [1.165, 1.54) is 0 Å². The summed E-state index contributed by atoms with van der Waals surface area (Å²) in [5.74, 6) is 1.54. The minimum Gasteiger partial charge on any atom is -0.454 e. The number of aliphatic hydroxyl groups excluding tert-OH is 1. The molecule has 156 valence electrons. The van der Waals surface area contributed by atoms with Gasteiger partial charge in [-0.1, -0.05) is 25.4 Å². The number of hydrogen-bond donors (Lipinski definition) is 3. The first-order valence-corrected chi connectivity index (χ1v) is 10.4. The number of nitrogen functional groups attached to an aromatic ring is 1. The van der Waals surface area contributed by atoms with Gasteiger partial charge in [0, 0.05) is 23.7 Å². The van der Waals surface area contributed by atoms with Crippen molar-refractivity contribution in [2.24, 2.45) is 5.92 Å². The van der Waals surface area contributed by atoms with Crippen LogP contribution in [0.2, 0.25) is 5.15 Å². The van der Waals surface area contributed by atoms with Gasteiger partial charge in [0.1, 0.15) is 16.7 Å². The van der Waals surface area contributed by atoms with E-state index in [1.54, 1.807) is 0 Å². The van der Waals surface area contributed by atoms with Crippen LogP contribution < -0.4 is 11.1 Å². The molecule has 1 aliphatic carbocycles. The maximum atomic E-state index is 9.38. The van der Waals surface area contributed by atoms with Gasteiger partial charge in [-0.25, -0.2) is 4.98 Å². The van der Waals surface area contributed by atoms with Crippen molar-refractivity contribution in [3.05, 3.63) is 28.7 Å². The Kier molecular flexibility index (Phi) is 6.59.